The van der Waals surface area contributed by atoms with Crippen molar-refractivity contribution in [3.8, 4) is 0 Å². The highest BCUT2D eigenvalue weighted by Crippen LogP contribution is 2.19. The third kappa shape index (κ3) is 4.69. The summed E-state index contributed by atoms with van der Waals surface area (Å²) in [5.41, 5.74) is 0.0707. The van der Waals surface area contributed by atoms with Gasteiger partial charge < -0.3 is 19.6 Å². The van der Waals surface area contributed by atoms with E-state index >= 15 is 0 Å². The van der Waals surface area contributed by atoms with E-state index in [-0.39, 0.29) is 31.8 Å². The molecule has 2 rings (SSSR count). The summed E-state index contributed by atoms with van der Waals surface area (Å²) in [7, 11) is 0. The lowest BCUT2D eigenvalue weighted by molar-refractivity contribution is -0.00255. The highest BCUT2D eigenvalue weighted by Gasteiger charge is 2.35. The van der Waals surface area contributed by atoms with Crippen LogP contribution in [0.2, 0.25) is 0 Å². The Balaban J connectivity index is 2.11. The topological polar surface area (TPSA) is 70.1 Å². The number of nitrogens with zero attached hydrogens (tertiary/aromatic N) is 2. The van der Waals surface area contributed by atoms with Crippen LogP contribution in [0.3, 0.4) is 0 Å². The Morgan fingerprint density at radius 2 is 2.00 bits per heavy atom. The summed E-state index contributed by atoms with van der Waals surface area (Å²) in [4.78, 5) is 27.7. The van der Waals surface area contributed by atoms with Crippen LogP contribution in [0, 0.1) is 12.7 Å². The molecule has 1 atom stereocenters. The van der Waals surface area contributed by atoms with Crippen molar-refractivity contribution in [2.75, 3.05) is 26.2 Å². The van der Waals surface area contributed by atoms with Gasteiger partial charge >= 0.3 is 6.09 Å². The maximum atomic E-state index is 14.1. The monoisotopic (exact) mass is 352 g/mol. The molecule has 138 valence electrons. The molecule has 25 heavy (non-hydrogen) atoms. The lowest BCUT2D eigenvalue weighted by Gasteiger charge is -2.41. The van der Waals surface area contributed by atoms with Crippen LogP contribution >= 0.6 is 0 Å². The standard InChI is InChI=1S/C18H25FN2O4/c1-12-5-6-14(15(19)9-12)16(23)21-8-7-20(10-13(21)11-22)17(24)25-18(2,3)4/h5-6,9,13,22H,7-8,10-11H2,1-4H3. The number of piperazine rings is 1. The van der Waals surface area contributed by atoms with Crippen LogP contribution in [0.1, 0.15) is 36.7 Å². The van der Waals surface area contributed by atoms with Gasteiger partial charge in [0.1, 0.15) is 11.4 Å². The summed E-state index contributed by atoms with van der Waals surface area (Å²) in [5.74, 6) is -1.07. The largest absolute Gasteiger partial charge is 0.444 e. The molecule has 6 nitrogen and oxygen atoms in total. The molecule has 1 aliphatic heterocycles. The van der Waals surface area contributed by atoms with Crippen molar-refractivity contribution < 1.29 is 23.8 Å². The second-order valence-corrected chi connectivity index (χ2v) is 7.24. The van der Waals surface area contributed by atoms with Gasteiger partial charge in [0.05, 0.1) is 18.2 Å². The quantitative estimate of drug-likeness (QED) is 0.886. The molecule has 1 aromatic rings. The number of carbonyl (C=O) groups excluding carboxylic acids is 2. The summed E-state index contributed by atoms with van der Waals surface area (Å²) in [6.45, 7) is 7.36. The highest BCUT2D eigenvalue weighted by molar-refractivity contribution is 5.95. The first-order valence-corrected chi connectivity index (χ1v) is 8.28. The number of hydrogen-bond donors (Lipinski definition) is 1. The molecule has 0 aliphatic carbocycles. The lowest BCUT2D eigenvalue weighted by atomic mass is 10.1. The molecule has 0 bridgehead atoms. The fraction of sp³-hybridized carbons (Fsp3) is 0.556. The molecule has 0 spiro atoms. The number of benzene rings is 1. The minimum absolute atomic E-state index is 0.0326. The van der Waals surface area contributed by atoms with E-state index in [1.54, 1.807) is 33.8 Å². The molecular formula is C18H25FN2O4. The highest BCUT2D eigenvalue weighted by atomic mass is 19.1. The van der Waals surface area contributed by atoms with Crippen molar-refractivity contribution in [3.05, 3.63) is 35.1 Å². The fourth-order valence-corrected chi connectivity index (χ4v) is 2.72. The second kappa shape index (κ2) is 7.39. The van der Waals surface area contributed by atoms with Gasteiger partial charge in [0, 0.05) is 19.6 Å². The third-order valence-corrected chi connectivity index (χ3v) is 3.96. The molecule has 1 heterocycles. The van der Waals surface area contributed by atoms with E-state index in [0.29, 0.717) is 0 Å². The average molecular weight is 352 g/mol. The van der Waals surface area contributed by atoms with Crippen LogP contribution in [-0.4, -0.2) is 64.8 Å². The van der Waals surface area contributed by atoms with Crippen LogP contribution in [0.5, 0.6) is 0 Å². The summed E-state index contributed by atoms with van der Waals surface area (Å²) in [5, 5.41) is 9.64. The van der Waals surface area contributed by atoms with Crippen molar-refractivity contribution in [1.29, 1.82) is 0 Å². The van der Waals surface area contributed by atoms with Crippen molar-refractivity contribution in [1.82, 2.24) is 9.80 Å². The van der Waals surface area contributed by atoms with E-state index < -0.39 is 29.5 Å². The molecule has 1 unspecified atom stereocenters. The van der Waals surface area contributed by atoms with Gasteiger partial charge in [-0.25, -0.2) is 9.18 Å². The number of aliphatic hydroxyl groups excluding tert-OH is 1. The summed E-state index contributed by atoms with van der Waals surface area (Å²) < 4.78 is 19.4. The summed E-state index contributed by atoms with van der Waals surface area (Å²) in [6.07, 6.45) is -0.487. The molecule has 1 aromatic carbocycles. The zero-order valence-electron chi connectivity index (χ0n) is 15.1. The van der Waals surface area contributed by atoms with Gasteiger partial charge in [-0.15, -0.1) is 0 Å². The molecule has 2 amide bonds. The van der Waals surface area contributed by atoms with Gasteiger partial charge in [-0.2, -0.15) is 0 Å². The summed E-state index contributed by atoms with van der Waals surface area (Å²) in [6, 6.07) is 3.82. The minimum atomic E-state index is -0.621. The Hall–Kier alpha value is -2.15. The van der Waals surface area contributed by atoms with Crippen molar-refractivity contribution >= 4 is 12.0 Å². The molecule has 0 saturated carbocycles. The minimum Gasteiger partial charge on any atom is -0.444 e. The molecule has 1 N–H and O–H groups in total. The van der Waals surface area contributed by atoms with Gasteiger partial charge in [0.25, 0.3) is 5.91 Å². The number of hydrogen-bond acceptors (Lipinski definition) is 4. The Kier molecular flexibility index (Phi) is 5.67. The predicted octanol–water partition coefficient (Wildman–Crippen LogP) is 2.19. The Labute approximate surface area is 147 Å². The second-order valence-electron chi connectivity index (χ2n) is 7.24. The summed E-state index contributed by atoms with van der Waals surface area (Å²) >= 11 is 0. The van der Waals surface area contributed by atoms with Gasteiger partial charge in [-0.3, -0.25) is 4.79 Å². The number of carbonyl (C=O) groups is 2. The SMILES string of the molecule is Cc1ccc(C(=O)N2CCN(C(=O)OC(C)(C)C)CC2CO)c(F)c1. The number of ether oxygens (including phenoxy) is 1. The Morgan fingerprint density at radius 3 is 2.56 bits per heavy atom. The number of halogens is 1. The van der Waals surface area contributed by atoms with E-state index in [1.807, 2.05) is 0 Å². The first-order chi connectivity index (χ1) is 11.6. The number of aliphatic hydroxyl groups is 1. The van der Waals surface area contributed by atoms with Gasteiger partial charge in [0.15, 0.2) is 0 Å². The van der Waals surface area contributed by atoms with E-state index in [2.05, 4.69) is 0 Å². The van der Waals surface area contributed by atoms with E-state index in [0.717, 1.165) is 5.56 Å². The van der Waals surface area contributed by atoms with Crippen LogP contribution < -0.4 is 0 Å². The van der Waals surface area contributed by atoms with Gasteiger partial charge in [0.2, 0.25) is 0 Å². The van der Waals surface area contributed by atoms with Gasteiger partial charge in [-0.05, 0) is 45.4 Å². The predicted molar refractivity (Wildman–Crippen MR) is 90.9 cm³/mol. The molecule has 1 fully saturated rings. The maximum absolute atomic E-state index is 14.1. The fourth-order valence-electron chi connectivity index (χ4n) is 2.72. The van der Waals surface area contributed by atoms with E-state index in [4.69, 9.17) is 4.74 Å². The zero-order chi connectivity index (χ0) is 18.8. The average Bonchev–Trinajstić information content (AvgIpc) is 2.52. The van der Waals surface area contributed by atoms with E-state index in [1.165, 1.54) is 21.9 Å². The van der Waals surface area contributed by atoms with E-state index in [9.17, 15) is 19.1 Å². The zero-order valence-corrected chi connectivity index (χ0v) is 15.1. The molecule has 0 radical (unpaired) electrons. The Bertz CT molecular complexity index is 657. The number of aryl methyl sites for hydroxylation is 1. The first-order valence-electron chi connectivity index (χ1n) is 8.28. The first kappa shape index (κ1) is 19.2. The van der Waals surface area contributed by atoms with Gasteiger partial charge in [-0.1, -0.05) is 6.07 Å². The normalized spacial score (nSPS) is 18.2. The van der Waals surface area contributed by atoms with Crippen LogP contribution in [-0.2, 0) is 4.74 Å². The van der Waals surface area contributed by atoms with Crippen molar-refractivity contribution in [2.45, 2.75) is 39.3 Å². The van der Waals surface area contributed by atoms with Crippen molar-refractivity contribution in [2.24, 2.45) is 0 Å². The molecule has 1 aliphatic rings. The molecule has 7 heteroatoms. The third-order valence-electron chi connectivity index (χ3n) is 3.96. The molecule has 1 saturated heterocycles. The van der Waals surface area contributed by atoms with Crippen LogP contribution in [0.4, 0.5) is 9.18 Å². The van der Waals surface area contributed by atoms with Crippen molar-refractivity contribution in [3.63, 3.8) is 0 Å². The number of rotatable bonds is 2. The van der Waals surface area contributed by atoms with Crippen LogP contribution in [0.15, 0.2) is 18.2 Å². The maximum Gasteiger partial charge on any atom is 0.410 e. The lowest BCUT2D eigenvalue weighted by Crippen LogP contribution is -2.58. The number of amides is 2. The molecule has 0 aromatic heterocycles. The van der Waals surface area contributed by atoms with Crippen LogP contribution in [0.25, 0.3) is 0 Å². The Morgan fingerprint density at radius 1 is 1.32 bits per heavy atom. The molecular weight excluding hydrogens is 327 g/mol. The smallest absolute Gasteiger partial charge is 0.410 e.